The Hall–Kier alpha value is -0.590. The van der Waals surface area contributed by atoms with Crippen molar-refractivity contribution in [1.29, 1.82) is 0 Å². The molecule has 0 atom stereocenters. The van der Waals surface area contributed by atoms with E-state index in [4.69, 9.17) is 0 Å². The van der Waals surface area contributed by atoms with Crippen LogP contribution in [-0.2, 0) is 12.7 Å². The number of nitrogens with one attached hydrogen (secondary N) is 1. The van der Waals surface area contributed by atoms with E-state index >= 15 is 0 Å². The third kappa shape index (κ3) is 3.02. The molecule has 1 spiro atoms. The Morgan fingerprint density at radius 3 is 2.60 bits per heavy atom. The van der Waals surface area contributed by atoms with Crippen molar-refractivity contribution in [2.75, 3.05) is 26.2 Å². The number of alkyl halides is 3. The van der Waals surface area contributed by atoms with Crippen LogP contribution in [-0.4, -0.2) is 31.1 Å². The van der Waals surface area contributed by atoms with Gasteiger partial charge in [-0.2, -0.15) is 13.2 Å². The molecule has 20 heavy (non-hydrogen) atoms. The van der Waals surface area contributed by atoms with Crippen LogP contribution in [0.15, 0.2) is 12.1 Å². The molecule has 3 heterocycles. The maximum atomic E-state index is 12.6. The molecule has 2 aliphatic heterocycles. The molecule has 0 saturated carbocycles. The summed E-state index contributed by atoms with van der Waals surface area (Å²) in [6.45, 7) is 4.86. The molecule has 2 aliphatic rings. The second-order valence-corrected chi connectivity index (χ2v) is 7.14. The van der Waals surface area contributed by atoms with Crippen LogP contribution in [0.5, 0.6) is 0 Å². The van der Waals surface area contributed by atoms with Gasteiger partial charge in [-0.3, -0.25) is 4.90 Å². The Bertz CT molecular complexity index is 463. The molecule has 6 heteroatoms. The van der Waals surface area contributed by atoms with Crippen molar-refractivity contribution in [3.8, 4) is 0 Å². The van der Waals surface area contributed by atoms with Crippen molar-refractivity contribution in [3.05, 3.63) is 21.9 Å². The molecule has 0 aromatic carbocycles. The highest BCUT2D eigenvalue weighted by atomic mass is 32.1. The predicted octanol–water partition coefficient (Wildman–Crippen LogP) is 3.34. The molecule has 1 aromatic rings. The highest BCUT2D eigenvalue weighted by Gasteiger charge is 2.39. The molecule has 2 saturated heterocycles. The van der Waals surface area contributed by atoms with Gasteiger partial charge in [0.15, 0.2) is 0 Å². The smallest absolute Gasteiger partial charge is 0.317 e. The average Bonchev–Trinajstić information content (AvgIpc) is 2.99. The third-order valence-electron chi connectivity index (χ3n) is 4.50. The second kappa shape index (κ2) is 5.31. The summed E-state index contributed by atoms with van der Waals surface area (Å²) in [7, 11) is 0. The lowest BCUT2D eigenvalue weighted by molar-refractivity contribution is -0.134. The maximum absolute atomic E-state index is 12.6. The minimum Gasteiger partial charge on any atom is -0.317 e. The first-order valence-corrected chi connectivity index (χ1v) is 7.88. The molecule has 2 nitrogen and oxygen atoms in total. The summed E-state index contributed by atoms with van der Waals surface area (Å²) in [6, 6.07) is 2.83. The van der Waals surface area contributed by atoms with E-state index in [2.05, 4.69) is 10.2 Å². The molecule has 3 rings (SSSR count). The van der Waals surface area contributed by atoms with Crippen molar-refractivity contribution < 1.29 is 13.2 Å². The van der Waals surface area contributed by atoms with Gasteiger partial charge < -0.3 is 5.32 Å². The number of nitrogens with zero attached hydrogens (tertiary/aromatic N) is 1. The standard InChI is InChI=1S/C14H19F3N2S/c15-14(16,17)12-2-1-11(20-12)9-19-8-5-13(10-19)3-6-18-7-4-13/h1-2,18H,3-10H2. The predicted molar refractivity (Wildman–Crippen MR) is 73.8 cm³/mol. The van der Waals surface area contributed by atoms with Crippen molar-refractivity contribution in [2.24, 2.45) is 5.41 Å². The Balaban J connectivity index is 1.60. The molecule has 0 unspecified atom stereocenters. The lowest BCUT2D eigenvalue weighted by atomic mass is 9.78. The van der Waals surface area contributed by atoms with E-state index in [1.54, 1.807) is 6.07 Å². The van der Waals surface area contributed by atoms with Gasteiger partial charge in [0, 0.05) is 18.0 Å². The summed E-state index contributed by atoms with van der Waals surface area (Å²) < 4.78 is 37.8. The fourth-order valence-electron chi connectivity index (χ4n) is 3.36. The first-order chi connectivity index (χ1) is 9.47. The Kier molecular flexibility index (Phi) is 3.81. The molecule has 0 bridgehead atoms. The lowest BCUT2D eigenvalue weighted by Crippen LogP contribution is -2.38. The van der Waals surface area contributed by atoms with Crippen molar-refractivity contribution >= 4 is 11.3 Å². The maximum Gasteiger partial charge on any atom is 0.425 e. The van der Waals surface area contributed by atoms with E-state index in [1.165, 1.54) is 25.3 Å². The Morgan fingerprint density at radius 2 is 1.95 bits per heavy atom. The van der Waals surface area contributed by atoms with Gasteiger partial charge in [-0.05, 0) is 56.4 Å². The van der Waals surface area contributed by atoms with Gasteiger partial charge in [-0.25, -0.2) is 0 Å². The van der Waals surface area contributed by atoms with Crippen LogP contribution in [0.1, 0.15) is 29.0 Å². The largest absolute Gasteiger partial charge is 0.425 e. The minimum atomic E-state index is -4.20. The van der Waals surface area contributed by atoms with E-state index in [9.17, 15) is 13.2 Å². The number of likely N-dealkylation sites (tertiary alicyclic amines) is 1. The molecule has 1 N–H and O–H groups in total. The third-order valence-corrected chi connectivity index (χ3v) is 5.62. The van der Waals surface area contributed by atoms with Crippen molar-refractivity contribution in [3.63, 3.8) is 0 Å². The average molecular weight is 304 g/mol. The van der Waals surface area contributed by atoms with Crippen molar-refractivity contribution in [1.82, 2.24) is 10.2 Å². The molecule has 112 valence electrons. The normalized spacial score (nSPS) is 23.6. The number of hydrogen-bond donors (Lipinski definition) is 1. The van der Waals surface area contributed by atoms with Crippen LogP contribution >= 0.6 is 11.3 Å². The van der Waals surface area contributed by atoms with E-state index in [1.807, 2.05) is 0 Å². The van der Waals surface area contributed by atoms with Crippen LogP contribution in [0.3, 0.4) is 0 Å². The number of thiophene rings is 1. The zero-order chi connectivity index (χ0) is 14.2. The van der Waals surface area contributed by atoms with Crippen LogP contribution in [0, 0.1) is 5.41 Å². The zero-order valence-corrected chi connectivity index (χ0v) is 12.1. The van der Waals surface area contributed by atoms with Gasteiger partial charge in [0.1, 0.15) is 4.88 Å². The van der Waals surface area contributed by atoms with Gasteiger partial charge in [0.05, 0.1) is 0 Å². The zero-order valence-electron chi connectivity index (χ0n) is 11.3. The monoisotopic (exact) mass is 304 g/mol. The summed E-state index contributed by atoms with van der Waals surface area (Å²) in [6.07, 6.45) is -0.625. The molecule has 0 aliphatic carbocycles. The van der Waals surface area contributed by atoms with Crippen molar-refractivity contribution in [2.45, 2.75) is 32.0 Å². The quantitative estimate of drug-likeness (QED) is 0.901. The van der Waals surface area contributed by atoms with Gasteiger partial charge in [-0.1, -0.05) is 0 Å². The first-order valence-electron chi connectivity index (χ1n) is 7.06. The molecular weight excluding hydrogens is 285 g/mol. The van der Waals surface area contributed by atoms with E-state index < -0.39 is 11.1 Å². The van der Waals surface area contributed by atoms with Gasteiger partial charge in [-0.15, -0.1) is 11.3 Å². The summed E-state index contributed by atoms with van der Waals surface area (Å²) in [5, 5.41) is 3.38. The summed E-state index contributed by atoms with van der Waals surface area (Å²) in [5.41, 5.74) is 0.412. The van der Waals surface area contributed by atoms with Gasteiger partial charge >= 0.3 is 6.18 Å². The van der Waals surface area contributed by atoms with Crippen LogP contribution in [0.2, 0.25) is 0 Å². The molecule has 1 aromatic heterocycles. The number of piperidine rings is 1. The fraction of sp³-hybridized carbons (Fsp3) is 0.714. The Labute approximate surface area is 121 Å². The highest BCUT2D eigenvalue weighted by molar-refractivity contribution is 7.12. The van der Waals surface area contributed by atoms with Gasteiger partial charge in [0.2, 0.25) is 0 Å². The molecule has 0 radical (unpaired) electrons. The number of halogens is 3. The van der Waals surface area contributed by atoms with Crippen LogP contribution in [0.25, 0.3) is 0 Å². The summed E-state index contributed by atoms with van der Waals surface area (Å²) in [5.74, 6) is 0. The fourth-order valence-corrected chi connectivity index (χ4v) is 4.28. The second-order valence-electron chi connectivity index (χ2n) is 5.97. The Morgan fingerprint density at radius 1 is 1.20 bits per heavy atom. The van der Waals surface area contributed by atoms with E-state index in [0.717, 1.165) is 42.4 Å². The molecule has 2 fully saturated rings. The van der Waals surface area contributed by atoms with E-state index in [0.29, 0.717) is 12.0 Å². The summed E-state index contributed by atoms with van der Waals surface area (Å²) >= 11 is 0.883. The highest BCUT2D eigenvalue weighted by Crippen LogP contribution is 2.40. The molecule has 0 amide bonds. The van der Waals surface area contributed by atoms with Gasteiger partial charge in [0.25, 0.3) is 0 Å². The topological polar surface area (TPSA) is 15.3 Å². The lowest BCUT2D eigenvalue weighted by Gasteiger charge is -2.33. The van der Waals surface area contributed by atoms with E-state index in [-0.39, 0.29) is 0 Å². The van der Waals surface area contributed by atoms with Crippen LogP contribution < -0.4 is 5.32 Å². The first kappa shape index (κ1) is 14.4. The summed E-state index contributed by atoms with van der Waals surface area (Å²) in [4.78, 5) is 2.66. The number of rotatable bonds is 2. The number of hydrogen-bond acceptors (Lipinski definition) is 3. The minimum absolute atomic E-state index is 0.412. The SMILES string of the molecule is FC(F)(F)c1ccc(CN2CCC3(CCNCC3)C2)s1. The molecular formula is C14H19F3N2S. The van der Waals surface area contributed by atoms with Crippen LogP contribution in [0.4, 0.5) is 13.2 Å².